The molecule has 0 heterocycles. The SMILES string of the molecule is O=[N+]([O-])c1ccc(O[C@@H]2CCCC[C@H]2O)cc1Cl. The van der Waals surface area contributed by atoms with Crippen LogP contribution in [-0.2, 0) is 0 Å². The van der Waals surface area contributed by atoms with Crippen LogP contribution in [0.1, 0.15) is 25.7 Å². The zero-order valence-corrected chi connectivity index (χ0v) is 10.5. The lowest BCUT2D eigenvalue weighted by Gasteiger charge is -2.28. The van der Waals surface area contributed by atoms with Crippen LogP contribution < -0.4 is 4.74 Å². The molecule has 1 aromatic carbocycles. The van der Waals surface area contributed by atoms with Crippen LogP contribution >= 0.6 is 11.6 Å². The fourth-order valence-electron chi connectivity index (χ4n) is 2.10. The summed E-state index contributed by atoms with van der Waals surface area (Å²) in [5, 5.41) is 20.4. The molecule has 0 bridgehead atoms. The first-order valence-electron chi connectivity index (χ1n) is 5.86. The van der Waals surface area contributed by atoms with Crippen LogP contribution in [0.15, 0.2) is 18.2 Å². The first-order valence-corrected chi connectivity index (χ1v) is 6.24. The first-order chi connectivity index (χ1) is 8.58. The molecule has 1 aliphatic carbocycles. The average molecular weight is 272 g/mol. The Morgan fingerprint density at radius 1 is 1.39 bits per heavy atom. The molecule has 5 nitrogen and oxygen atoms in total. The Labute approximate surface area is 109 Å². The summed E-state index contributed by atoms with van der Waals surface area (Å²) in [4.78, 5) is 10.1. The number of hydrogen-bond acceptors (Lipinski definition) is 4. The Kier molecular flexibility index (Phi) is 4.04. The van der Waals surface area contributed by atoms with Gasteiger partial charge in [0, 0.05) is 12.1 Å². The van der Waals surface area contributed by atoms with Gasteiger partial charge in [-0.25, -0.2) is 0 Å². The third-order valence-electron chi connectivity index (χ3n) is 3.07. The average Bonchev–Trinajstić information content (AvgIpc) is 2.32. The van der Waals surface area contributed by atoms with Gasteiger partial charge in [-0.05, 0) is 25.3 Å². The number of ether oxygens (including phenoxy) is 1. The summed E-state index contributed by atoms with van der Waals surface area (Å²) in [6.45, 7) is 0. The van der Waals surface area contributed by atoms with E-state index in [1.165, 1.54) is 18.2 Å². The zero-order chi connectivity index (χ0) is 13.1. The van der Waals surface area contributed by atoms with E-state index in [4.69, 9.17) is 16.3 Å². The van der Waals surface area contributed by atoms with Crippen LogP contribution in [0, 0.1) is 10.1 Å². The molecule has 2 atom stereocenters. The number of halogens is 1. The van der Waals surface area contributed by atoms with Gasteiger partial charge in [-0.2, -0.15) is 0 Å². The van der Waals surface area contributed by atoms with Gasteiger partial charge in [0.15, 0.2) is 0 Å². The van der Waals surface area contributed by atoms with Gasteiger partial charge in [-0.15, -0.1) is 0 Å². The van der Waals surface area contributed by atoms with Crippen LogP contribution in [0.3, 0.4) is 0 Å². The first kappa shape index (κ1) is 13.1. The van der Waals surface area contributed by atoms with Gasteiger partial charge >= 0.3 is 0 Å². The summed E-state index contributed by atoms with van der Waals surface area (Å²) in [6, 6.07) is 4.24. The van der Waals surface area contributed by atoms with E-state index in [-0.39, 0.29) is 16.8 Å². The van der Waals surface area contributed by atoms with Crippen LogP contribution in [0.4, 0.5) is 5.69 Å². The Hall–Kier alpha value is -1.33. The summed E-state index contributed by atoms with van der Waals surface area (Å²) in [6.07, 6.45) is 2.80. The molecule has 18 heavy (non-hydrogen) atoms. The number of aliphatic hydroxyl groups excluding tert-OH is 1. The normalized spacial score (nSPS) is 23.7. The van der Waals surface area contributed by atoms with E-state index in [0.717, 1.165) is 25.7 Å². The molecule has 98 valence electrons. The van der Waals surface area contributed by atoms with E-state index in [1.54, 1.807) is 0 Å². The van der Waals surface area contributed by atoms with Crippen LogP contribution in [0.2, 0.25) is 5.02 Å². The van der Waals surface area contributed by atoms with E-state index in [1.807, 2.05) is 0 Å². The monoisotopic (exact) mass is 271 g/mol. The summed E-state index contributed by atoms with van der Waals surface area (Å²) >= 11 is 5.79. The topological polar surface area (TPSA) is 72.6 Å². The highest BCUT2D eigenvalue weighted by Crippen LogP contribution is 2.30. The summed E-state index contributed by atoms with van der Waals surface area (Å²) in [5.41, 5.74) is -0.145. The molecule has 0 radical (unpaired) electrons. The fraction of sp³-hybridized carbons (Fsp3) is 0.500. The van der Waals surface area contributed by atoms with E-state index in [9.17, 15) is 15.2 Å². The maximum absolute atomic E-state index is 10.6. The second-order valence-corrected chi connectivity index (χ2v) is 4.79. The van der Waals surface area contributed by atoms with Crippen molar-refractivity contribution in [1.29, 1.82) is 0 Å². The molecule has 0 unspecified atom stereocenters. The van der Waals surface area contributed by atoms with Crippen LogP contribution in [-0.4, -0.2) is 22.2 Å². The molecule has 1 saturated carbocycles. The maximum Gasteiger partial charge on any atom is 0.288 e. The molecular formula is C12H14ClNO4. The van der Waals surface area contributed by atoms with Crippen molar-refractivity contribution in [2.75, 3.05) is 0 Å². The molecule has 2 rings (SSSR count). The van der Waals surface area contributed by atoms with Crippen molar-refractivity contribution in [3.63, 3.8) is 0 Å². The molecule has 1 aliphatic rings. The predicted octanol–water partition coefficient (Wildman–Crippen LogP) is 2.93. The minimum atomic E-state index is -0.540. The van der Waals surface area contributed by atoms with Crippen molar-refractivity contribution in [2.24, 2.45) is 0 Å². The van der Waals surface area contributed by atoms with Gasteiger partial charge in [0.05, 0.1) is 11.0 Å². The number of rotatable bonds is 3. The highest BCUT2D eigenvalue weighted by atomic mass is 35.5. The third kappa shape index (κ3) is 2.91. The summed E-state index contributed by atoms with van der Waals surface area (Å²) in [5.74, 6) is 0.455. The van der Waals surface area contributed by atoms with E-state index in [0.29, 0.717) is 5.75 Å². The number of nitrogens with zero attached hydrogens (tertiary/aromatic N) is 1. The summed E-state index contributed by atoms with van der Waals surface area (Å²) in [7, 11) is 0. The van der Waals surface area contributed by atoms with Crippen molar-refractivity contribution in [2.45, 2.75) is 37.9 Å². The highest BCUT2D eigenvalue weighted by molar-refractivity contribution is 6.32. The quantitative estimate of drug-likeness (QED) is 0.678. The predicted molar refractivity (Wildman–Crippen MR) is 67.0 cm³/mol. The number of nitro benzene ring substituents is 1. The van der Waals surface area contributed by atoms with E-state index in [2.05, 4.69) is 0 Å². The molecule has 6 heteroatoms. The smallest absolute Gasteiger partial charge is 0.288 e. The van der Waals surface area contributed by atoms with E-state index >= 15 is 0 Å². The molecule has 0 saturated heterocycles. The molecule has 0 aliphatic heterocycles. The van der Waals surface area contributed by atoms with Crippen molar-refractivity contribution in [1.82, 2.24) is 0 Å². The molecule has 1 aromatic rings. The van der Waals surface area contributed by atoms with Gasteiger partial charge in [0.25, 0.3) is 5.69 Å². The Balaban J connectivity index is 2.10. The van der Waals surface area contributed by atoms with Crippen molar-refractivity contribution in [3.05, 3.63) is 33.3 Å². The number of aliphatic hydroxyl groups is 1. The van der Waals surface area contributed by atoms with Gasteiger partial charge < -0.3 is 9.84 Å². The number of hydrogen-bond donors (Lipinski definition) is 1. The lowest BCUT2D eigenvalue weighted by molar-refractivity contribution is -0.384. The fourth-order valence-corrected chi connectivity index (χ4v) is 2.34. The lowest BCUT2D eigenvalue weighted by Crippen LogP contribution is -2.34. The minimum Gasteiger partial charge on any atom is -0.488 e. The Morgan fingerprint density at radius 3 is 2.72 bits per heavy atom. The van der Waals surface area contributed by atoms with Crippen molar-refractivity contribution >= 4 is 17.3 Å². The molecule has 0 aromatic heterocycles. The molecule has 0 spiro atoms. The van der Waals surface area contributed by atoms with Gasteiger partial charge in [0.2, 0.25) is 0 Å². The van der Waals surface area contributed by atoms with Crippen molar-refractivity contribution < 1.29 is 14.8 Å². The Morgan fingerprint density at radius 2 is 2.11 bits per heavy atom. The van der Waals surface area contributed by atoms with Crippen LogP contribution in [0.5, 0.6) is 5.75 Å². The highest BCUT2D eigenvalue weighted by Gasteiger charge is 2.25. The molecule has 1 N–H and O–H groups in total. The van der Waals surface area contributed by atoms with Crippen LogP contribution in [0.25, 0.3) is 0 Å². The second kappa shape index (κ2) is 5.54. The molecule has 0 amide bonds. The standard InChI is InChI=1S/C12H14ClNO4/c13-9-7-8(5-6-10(9)14(16)17)18-12-4-2-1-3-11(12)15/h5-7,11-12,15H,1-4H2/t11-,12-/m1/s1. The van der Waals surface area contributed by atoms with Gasteiger partial charge in [0.1, 0.15) is 16.9 Å². The maximum atomic E-state index is 10.6. The zero-order valence-electron chi connectivity index (χ0n) is 9.71. The second-order valence-electron chi connectivity index (χ2n) is 4.38. The number of nitro groups is 1. The van der Waals surface area contributed by atoms with Gasteiger partial charge in [-0.3, -0.25) is 10.1 Å². The lowest BCUT2D eigenvalue weighted by atomic mass is 9.95. The molecular weight excluding hydrogens is 258 g/mol. The molecule has 1 fully saturated rings. The number of benzene rings is 1. The minimum absolute atomic E-state index is 0.0443. The largest absolute Gasteiger partial charge is 0.488 e. The van der Waals surface area contributed by atoms with E-state index < -0.39 is 11.0 Å². The Bertz CT molecular complexity index is 452. The summed E-state index contributed by atoms with van der Waals surface area (Å²) < 4.78 is 5.63. The van der Waals surface area contributed by atoms with Crippen molar-refractivity contribution in [3.8, 4) is 5.75 Å². The van der Waals surface area contributed by atoms with Gasteiger partial charge in [-0.1, -0.05) is 18.0 Å². The third-order valence-corrected chi connectivity index (χ3v) is 3.37.